The molecule has 3 aliphatic rings. The number of amidine groups is 2. The van der Waals surface area contributed by atoms with Gasteiger partial charge in [0.15, 0.2) is 16.7 Å². The summed E-state index contributed by atoms with van der Waals surface area (Å²) >= 11 is 1.32. The molecule has 5 heterocycles. The lowest BCUT2D eigenvalue weighted by molar-refractivity contribution is -0.125. The molecule has 210 valence electrons. The van der Waals surface area contributed by atoms with E-state index in [1.54, 1.807) is 18.3 Å². The Bertz CT molecular complexity index is 1870. The summed E-state index contributed by atoms with van der Waals surface area (Å²) in [7, 11) is 0. The van der Waals surface area contributed by atoms with E-state index in [4.69, 9.17) is 19.5 Å². The lowest BCUT2D eigenvalue weighted by atomic mass is 10.1. The van der Waals surface area contributed by atoms with Crippen molar-refractivity contribution >= 4 is 45.9 Å². The SMILES string of the molecule is O=C(CC[C@H]1N=C2c3ccccc3N=C(SCc3cc(=O)n4ccccc4n3)N2C1=O)NCc1ccc2c(c1)OCO2. The molecule has 2 amide bonds. The number of nitrogens with zero attached hydrogens (tertiary/aromatic N) is 5. The van der Waals surface area contributed by atoms with Gasteiger partial charge < -0.3 is 14.8 Å². The predicted octanol–water partition coefficient (Wildman–Crippen LogP) is 3.41. The molecule has 11 nitrogen and oxygen atoms in total. The number of amides is 2. The van der Waals surface area contributed by atoms with E-state index in [0.717, 1.165) is 11.1 Å². The van der Waals surface area contributed by atoms with Crippen molar-refractivity contribution in [1.29, 1.82) is 0 Å². The Labute approximate surface area is 243 Å². The highest BCUT2D eigenvalue weighted by molar-refractivity contribution is 8.13. The van der Waals surface area contributed by atoms with Gasteiger partial charge in [-0.05, 0) is 48.4 Å². The molecule has 2 aromatic heterocycles. The number of hydrogen-bond acceptors (Lipinski definition) is 9. The van der Waals surface area contributed by atoms with Crippen molar-refractivity contribution in [3.05, 3.63) is 100 Å². The van der Waals surface area contributed by atoms with Gasteiger partial charge >= 0.3 is 0 Å². The minimum Gasteiger partial charge on any atom is -0.454 e. The van der Waals surface area contributed by atoms with Crippen molar-refractivity contribution in [1.82, 2.24) is 19.6 Å². The Kier molecular flexibility index (Phi) is 6.67. The molecule has 4 aromatic rings. The highest BCUT2D eigenvalue weighted by atomic mass is 32.2. The minimum absolute atomic E-state index is 0.137. The third-order valence-corrected chi connectivity index (χ3v) is 8.06. The van der Waals surface area contributed by atoms with Gasteiger partial charge in [-0.25, -0.2) is 14.9 Å². The van der Waals surface area contributed by atoms with Crippen LogP contribution in [0, 0.1) is 0 Å². The van der Waals surface area contributed by atoms with Gasteiger partial charge in [0.2, 0.25) is 12.7 Å². The predicted molar refractivity (Wildman–Crippen MR) is 157 cm³/mol. The largest absolute Gasteiger partial charge is 0.454 e. The Morgan fingerprint density at radius 2 is 1.88 bits per heavy atom. The van der Waals surface area contributed by atoms with Gasteiger partial charge in [-0.1, -0.05) is 36.0 Å². The number of nitrogens with one attached hydrogen (secondary N) is 1. The lowest BCUT2D eigenvalue weighted by Crippen LogP contribution is -2.41. The van der Waals surface area contributed by atoms with E-state index in [9.17, 15) is 14.4 Å². The molecule has 1 atom stereocenters. The second-order valence-electron chi connectivity index (χ2n) is 9.86. The van der Waals surface area contributed by atoms with E-state index in [1.807, 2.05) is 48.5 Å². The third kappa shape index (κ3) is 4.90. The van der Waals surface area contributed by atoms with E-state index in [2.05, 4.69) is 10.3 Å². The van der Waals surface area contributed by atoms with Crippen LogP contribution in [-0.4, -0.2) is 49.9 Å². The van der Waals surface area contributed by atoms with Crippen molar-refractivity contribution in [2.45, 2.75) is 31.2 Å². The van der Waals surface area contributed by atoms with E-state index in [0.29, 0.717) is 51.8 Å². The first kappa shape index (κ1) is 26.0. The Morgan fingerprint density at radius 3 is 2.81 bits per heavy atom. The van der Waals surface area contributed by atoms with Crippen molar-refractivity contribution in [3.8, 4) is 11.5 Å². The zero-order chi connectivity index (χ0) is 28.6. The normalized spacial score (nSPS) is 16.6. The molecule has 12 heteroatoms. The third-order valence-electron chi connectivity index (χ3n) is 7.09. The van der Waals surface area contributed by atoms with Crippen molar-refractivity contribution < 1.29 is 19.1 Å². The number of rotatable bonds is 7. The van der Waals surface area contributed by atoms with E-state index in [-0.39, 0.29) is 37.0 Å². The number of thioether (sulfide) groups is 1. The number of fused-ring (bicyclic) bond motifs is 5. The second kappa shape index (κ2) is 10.8. The van der Waals surface area contributed by atoms with E-state index in [1.165, 1.54) is 27.1 Å². The summed E-state index contributed by atoms with van der Waals surface area (Å²) in [5, 5.41) is 3.36. The first-order valence-corrected chi connectivity index (χ1v) is 14.4. The molecule has 0 saturated carbocycles. The number of aromatic nitrogens is 2. The smallest absolute Gasteiger partial charge is 0.259 e. The standard InChI is InChI=1S/C30H24N6O5S/c37-26(31-15-18-8-10-23-24(13-18)41-17-40-23)11-9-22-29(39)36-28(33-22)20-5-1-2-6-21(20)34-30(36)42-16-19-14-27(38)35-12-4-3-7-25(35)32-19/h1-8,10,12-14,22H,9,11,15-17H2,(H,31,37)/t22-/m1/s1. The highest BCUT2D eigenvalue weighted by Gasteiger charge is 2.41. The number of aliphatic imine (C=N–C) groups is 2. The fourth-order valence-corrected chi connectivity index (χ4v) is 5.90. The molecule has 0 saturated heterocycles. The first-order chi connectivity index (χ1) is 20.5. The topological polar surface area (TPSA) is 127 Å². The zero-order valence-electron chi connectivity index (χ0n) is 22.2. The number of carbonyl (C=O) groups excluding carboxylic acids is 2. The van der Waals surface area contributed by atoms with Crippen LogP contribution in [0.5, 0.6) is 11.5 Å². The summed E-state index contributed by atoms with van der Waals surface area (Å²) in [5.41, 5.74) is 3.30. The molecule has 7 rings (SSSR count). The van der Waals surface area contributed by atoms with Crippen LogP contribution >= 0.6 is 11.8 Å². The van der Waals surface area contributed by atoms with Gasteiger partial charge in [0.05, 0.1) is 11.4 Å². The van der Waals surface area contributed by atoms with Crippen molar-refractivity contribution in [2.24, 2.45) is 9.98 Å². The first-order valence-electron chi connectivity index (χ1n) is 13.4. The summed E-state index contributed by atoms with van der Waals surface area (Å²) in [6.07, 6.45) is 2.07. The molecule has 3 aliphatic heterocycles. The van der Waals surface area contributed by atoms with Gasteiger partial charge in [0.1, 0.15) is 17.5 Å². The zero-order valence-corrected chi connectivity index (χ0v) is 23.0. The van der Waals surface area contributed by atoms with Crippen LogP contribution in [0.2, 0.25) is 0 Å². The van der Waals surface area contributed by atoms with Crippen molar-refractivity contribution in [3.63, 3.8) is 0 Å². The fraction of sp³-hybridized carbons (Fsp3) is 0.200. The minimum atomic E-state index is -0.711. The Hall–Kier alpha value is -4.97. The summed E-state index contributed by atoms with van der Waals surface area (Å²) in [4.78, 5) is 54.4. The molecule has 0 radical (unpaired) electrons. The molecule has 0 unspecified atom stereocenters. The average Bonchev–Trinajstić information content (AvgIpc) is 3.62. The van der Waals surface area contributed by atoms with Crippen LogP contribution in [0.1, 0.15) is 29.7 Å². The average molecular weight is 581 g/mol. The van der Waals surface area contributed by atoms with Gasteiger partial charge in [0.25, 0.3) is 11.5 Å². The van der Waals surface area contributed by atoms with Gasteiger partial charge in [-0.3, -0.25) is 23.8 Å². The lowest BCUT2D eigenvalue weighted by Gasteiger charge is -2.25. The Morgan fingerprint density at radius 1 is 1.02 bits per heavy atom. The molecule has 42 heavy (non-hydrogen) atoms. The van der Waals surface area contributed by atoms with E-state index >= 15 is 0 Å². The molecule has 0 bridgehead atoms. The number of carbonyl (C=O) groups is 2. The number of para-hydroxylation sites is 1. The fourth-order valence-electron chi connectivity index (χ4n) is 5.01. The van der Waals surface area contributed by atoms with Crippen LogP contribution in [0.3, 0.4) is 0 Å². The second-order valence-corrected chi connectivity index (χ2v) is 10.8. The quantitative estimate of drug-likeness (QED) is 0.355. The van der Waals surface area contributed by atoms with Gasteiger partial charge in [0, 0.05) is 36.5 Å². The van der Waals surface area contributed by atoms with Crippen LogP contribution in [0.4, 0.5) is 5.69 Å². The maximum Gasteiger partial charge on any atom is 0.259 e. The van der Waals surface area contributed by atoms with Crippen molar-refractivity contribution in [2.75, 3.05) is 6.79 Å². The van der Waals surface area contributed by atoms with Gasteiger partial charge in [-0.2, -0.15) is 0 Å². The number of hydrogen-bond donors (Lipinski definition) is 1. The number of pyridine rings is 1. The number of ether oxygens (including phenoxy) is 2. The highest BCUT2D eigenvalue weighted by Crippen LogP contribution is 2.35. The molecule has 2 aromatic carbocycles. The summed E-state index contributed by atoms with van der Waals surface area (Å²) in [5.74, 6) is 1.79. The maximum atomic E-state index is 13.6. The maximum absolute atomic E-state index is 13.6. The molecule has 0 spiro atoms. The molecule has 1 N–H and O–H groups in total. The van der Waals surface area contributed by atoms with Crippen LogP contribution in [0.15, 0.2) is 87.7 Å². The summed E-state index contributed by atoms with van der Waals surface area (Å²) in [6.45, 7) is 0.526. The van der Waals surface area contributed by atoms with Crippen LogP contribution in [0.25, 0.3) is 5.65 Å². The van der Waals surface area contributed by atoms with Gasteiger partial charge in [-0.15, -0.1) is 0 Å². The number of benzene rings is 2. The molecular weight excluding hydrogens is 556 g/mol. The summed E-state index contributed by atoms with van der Waals surface area (Å²) in [6, 6.07) is 19.2. The summed E-state index contributed by atoms with van der Waals surface area (Å²) < 4.78 is 12.2. The molecule has 0 aliphatic carbocycles. The molecule has 0 fully saturated rings. The van der Waals surface area contributed by atoms with E-state index < -0.39 is 6.04 Å². The monoisotopic (exact) mass is 580 g/mol. The van der Waals surface area contributed by atoms with Crippen LogP contribution < -0.4 is 20.3 Å². The van der Waals surface area contributed by atoms with Crippen LogP contribution in [-0.2, 0) is 21.9 Å². The molecular formula is C30H24N6O5S. The Balaban J connectivity index is 1.04.